The number of methoxy groups -OCH3 is 1. The van der Waals surface area contributed by atoms with Crippen molar-refractivity contribution in [2.24, 2.45) is 0 Å². The first-order valence-electron chi connectivity index (χ1n) is 14.3. The summed E-state index contributed by atoms with van der Waals surface area (Å²) in [5.41, 5.74) is 3.97. The Morgan fingerprint density at radius 2 is 1.59 bits per heavy atom. The second kappa shape index (κ2) is 11.7. The van der Waals surface area contributed by atoms with E-state index in [0.29, 0.717) is 34.9 Å². The van der Waals surface area contributed by atoms with Crippen molar-refractivity contribution < 1.29 is 33.8 Å². The summed E-state index contributed by atoms with van der Waals surface area (Å²) in [5.74, 6) is -1.33. The summed E-state index contributed by atoms with van der Waals surface area (Å²) in [4.78, 5) is 53.6. The molecule has 1 atom stereocenters. The molecular formula is C35H30N2O7. The molecule has 9 heteroatoms. The van der Waals surface area contributed by atoms with Gasteiger partial charge in [-0.3, -0.25) is 19.3 Å². The second-order valence-corrected chi connectivity index (χ2v) is 10.9. The number of carbonyl (C=O) groups excluding carboxylic acids is 3. The van der Waals surface area contributed by atoms with E-state index in [1.165, 1.54) is 23.8 Å². The number of nitrogens with zero attached hydrogens (tertiary/aromatic N) is 2. The Hall–Kier alpha value is -5.44. The van der Waals surface area contributed by atoms with Gasteiger partial charge >= 0.3 is 5.97 Å². The zero-order chi connectivity index (χ0) is 31.0. The van der Waals surface area contributed by atoms with E-state index in [4.69, 9.17) is 9.47 Å². The number of fused-ring (bicyclic) bond motifs is 2. The summed E-state index contributed by atoms with van der Waals surface area (Å²) in [5, 5.41) is 9.27. The molecule has 1 N–H and O–H groups in total. The zero-order valence-electron chi connectivity index (χ0n) is 24.3. The van der Waals surface area contributed by atoms with E-state index in [1.54, 1.807) is 30.2 Å². The molecule has 0 spiro atoms. The van der Waals surface area contributed by atoms with Crippen LogP contribution in [0.15, 0.2) is 84.9 Å². The Balaban J connectivity index is 1.17. The van der Waals surface area contributed by atoms with E-state index in [-0.39, 0.29) is 35.2 Å². The van der Waals surface area contributed by atoms with E-state index in [1.807, 2.05) is 43.3 Å². The normalized spacial score (nSPS) is 14.5. The molecule has 3 amide bonds. The molecule has 2 aliphatic rings. The van der Waals surface area contributed by atoms with Gasteiger partial charge in [-0.05, 0) is 72.9 Å². The van der Waals surface area contributed by atoms with Crippen molar-refractivity contribution in [3.05, 3.63) is 124 Å². The van der Waals surface area contributed by atoms with Crippen molar-refractivity contribution in [1.82, 2.24) is 4.90 Å². The Morgan fingerprint density at radius 1 is 0.818 bits per heavy atom. The summed E-state index contributed by atoms with van der Waals surface area (Å²) < 4.78 is 11.8. The van der Waals surface area contributed by atoms with Crippen LogP contribution in [0.2, 0.25) is 0 Å². The van der Waals surface area contributed by atoms with Crippen LogP contribution in [-0.4, -0.2) is 46.9 Å². The minimum atomic E-state index is -1.18. The lowest BCUT2D eigenvalue weighted by molar-refractivity contribution is 0.0640. The molecule has 2 heterocycles. The lowest BCUT2D eigenvalue weighted by atomic mass is 10.1. The van der Waals surface area contributed by atoms with Gasteiger partial charge in [0.05, 0.1) is 43.0 Å². The number of hydrogen-bond acceptors (Lipinski definition) is 6. The van der Waals surface area contributed by atoms with E-state index in [0.717, 1.165) is 23.3 Å². The Labute approximate surface area is 254 Å². The van der Waals surface area contributed by atoms with Gasteiger partial charge in [-0.25, -0.2) is 4.79 Å². The maximum atomic E-state index is 13.6. The second-order valence-electron chi connectivity index (χ2n) is 10.9. The van der Waals surface area contributed by atoms with Gasteiger partial charge in [0.1, 0.15) is 0 Å². The highest BCUT2D eigenvalue weighted by molar-refractivity contribution is 6.22. The number of benzene rings is 4. The summed E-state index contributed by atoms with van der Waals surface area (Å²) in [6.45, 7) is 2.32. The maximum absolute atomic E-state index is 13.6. The first-order chi connectivity index (χ1) is 21.2. The highest BCUT2D eigenvalue weighted by Crippen LogP contribution is 2.37. The van der Waals surface area contributed by atoms with Gasteiger partial charge < -0.3 is 19.5 Å². The number of hydrogen-bond donors (Lipinski definition) is 1. The quantitative estimate of drug-likeness (QED) is 0.234. The van der Waals surface area contributed by atoms with Crippen LogP contribution < -0.4 is 14.4 Å². The molecule has 4 aromatic carbocycles. The van der Waals surface area contributed by atoms with Crippen LogP contribution in [0.25, 0.3) is 0 Å². The van der Waals surface area contributed by atoms with Crippen LogP contribution in [0.5, 0.6) is 11.5 Å². The number of aryl methyl sites for hydroxylation is 1. The number of carboxylic acids is 1. The summed E-state index contributed by atoms with van der Waals surface area (Å²) in [7, 11) is 1.58. The molecule has 1 unspecified atom stereocenters. The fourth-order valence-electron chi connectivity index (χ4n) is 5.62. The van der Waals surface area contributed by atoms with Crippen molar-refractivity contribution in [2.75, 3.05) is 12.0 Å². The molecule has 44 heavy (non-hydrogen) atoms. The first kappa shape index (κ1) is 28.7. The van der Waals surface area contributed by atoms with Crippen LogP contribution in [0.4, 0.5) is 5.69 Å². The summed E-state index contributed by atoms with van der Waals surface area (Å²) >= 11 is 0. The topological polar surface area (TPSA) is 113 Å². The Kier molecular flexibility index (Phi) is 7.61. The first-order valence-corrected chi connectivity index (χ1v) is 14.3. The highest BCUT2D eigenvalue weighted by atomic mass is 16.5. The molecule has 6 rings (SSSR count). The van der Waals surface area contributed by atoms with Crippen LogP contribution >= 0.6 is 0 Å². The number of imide groups is 1. The standard InChI is InChI=1S/C35H30N2O7/c1-21(8-9-22-6-4-3-5-7-22)44-31-18-26(13-15-30(31)43-2)36-20-25-11-10-23(16-28(25)33(36)39)19-37-32(38)27-14-12-24(35(41)42)17-29(27)34(37)40/h3-7,10-18,21H,8-9,19-20H2,1-2H3,(H,41,42). The third-order valence-electron chi connectivity index (χ3n) is 8.01. The molecule has 0 fully saturated rings. The van der Waals surface area contributed by atoms with Crippen molar-refractivity contribution in [2.45, 2.75) is 39.0 Å². The van der Waals surface area contributed by atoms with Crippen molar-refractivity contribution >= 4 is 29.4 Å². The van der Waals surface area contributed by atoms with Crippen LogP contribution in [0.1, 0.15) is 71.5 Å². The molecule has 4 aromatic rings. The number of rotatable bonds is 10. The number of amides is 3. The number of aromatic carboxylic acids is 1. The molecule has 0 bridgehead atoms. The molecule has 0 aromatic heterocycles. The average Bonchev–Trinajstić information content (AvgIpc) is 3.48. The predicted octanol–water partition coefficient (Wildman–Crippen LogP) is 5.75. The number of ether oxygens (including phenoxy) is 2. The maximum Gasteiger partial charge on any atom is 0.335 e. The monoisotopic (exact) mass is 590 g/mol. The molecular weight excluding hydrogens is 560 g/mol. The predicted molar refractivity (Wildman–Crippen MR) is 162 cm³/mol. The van der Waals surface area contributed by atoms with Crippen molar-refractivity contribution in [3.63, 3.8) is 0 Å². The third-order valence-corrected chi connectivity index (χ3v) is 8.01. The number of carbonyl (C=O) groups is 4. The molecule has 0 saturated carbocycles. The van der Waals surface area contributed by atoms with Gasteiger partial charge in [-0.15, -0.1) is 0 Å². The zero-order valence-corrected chi connectivity index (χ0v) is 24.3. The number of carboxylic acid groups (broad SMARTS) is 1. The van der Waals surface area contributed by atoms with Gasteiger partial charge in [-0.2, -0.15) is 0 Å². The van der Waals surface area contributed by atoms with Gasteiger partial charge in [0, 0.05) is 17.3 Å². The minimum absolute atomic E-state index is 0.0449. The fourth-order valence-corrected chi connectivity index (χ4v) is 5.62. The third kappa shape index (κ3) is 5.40. The molecule has 0 aliphatic carbocycles. The molecule has 9 nitrogen and oxygen atoms in total. The van der Waals surface area contributed by atoms with Gasteiger partial charge in [-0.1, -0.05) is 42.5 Å². The van der Waals surface area contributed by atoms with Crippen molar-refractivity contribution in [3.8, 4) is 11.5 Å². The average molecular weight is 591 g/mol. The Morgan fingerprint density at radius 3 is 2.34 bits per heavy atom. The smallest absolute Gasteiger partial charge is 0.335 e. The Bertz CT molecular complexity index is 1800. The van der Waals surface area contributed by atoms with E-state index in [2.05, 4.69) is 12.1 Å². The van der Waals surface area contributed by atoms with Crippen molar-refractivity contribution in [1.29, 1.82) is 0 Å². The van der Waals surface area contributed by atoms with Gasteiger partial charge in [0.25, 0.3) is 17.7 Å². The lowest BCUT2D eigenvalue weighted by Crippen LogP contribution is -2.29. The molecule has 2 aliphatic heterocycles. The molecule has 0 saturated heterocycles. The largest absolute Gasteiger partial charge is 0.493 e. The SMILES string of the molecule is COc1ccc(N2Cc3ccc(CN4C(=O)c5ccc(C(=O)O)cc5C4=O)cc3C2=O)cc1OC(C)CCc1ccccc1. The van der Waals surface area contributed by atoms with E-state index in [9.17, 15) is 24.3 Å². The fraction of sp³-hybridized carbons (Fsp3) is 0.200. The summed E-state index contributed by atoms with van der Waals surface area (Å²) in [6.07, 6.45) is 1.59. The van der Waals surface area contributed by atoms with Crippen LogP contribution in [-0.2, 0) is 19.5 Å². The van der Waals surface area contributed by atoms with Gasteiger partial charge in [0.15, 0.2) is 11.5 Å². The van der Waals surface area contributed by atoms with Gasteiger partial charge in [0.2, 0.25) is 0 Å². The van der Waals surface area contributed by atoms with E-state index < -0.39 is 17.8 Å². The van der Waals surface area contributed by atoms with Crippen LogP contribution in [0, 0.1) is 0 Å². The highest BCUT2D eigenvalue weighted by Gasteiger charge is 2.37. The minimum Gasteiger partial charge on any atom is -0.493 e. The van der Waals surface area contributed by atoms with Crippen LogP contribution in [0.3, 0.4) is 0 Å². The molecule has 222 valence electrons. The summed E-state index contributed by atoms with van der Waals surface area (Å²) in [6, 6.07) is 24.8. The lowest BCUT2D eigenvalue weighted by Gasteiger charge is -2.21. The van der Waals surface area contributed by atoms with E-state index >= 15 is 0 Å². The molecule has 0 radical (unpaired) electrons. The number of anilines is 1.